The van der Waals surface area contributed by atoms with Gasteiger partial charge in [-0.15, -0.1) is 0 Å². The summed E-state index contributed by atoms with van der Waals surface area (Å²) in [7, 11) is 0. The van der Waals surface area contributed by atoms with Gasteiger partial charge in [-0.3, -0.25) is 0 Å². The van der Waals surface area contributed by atoms with Crippen molar-refractivity contribution in [1.29, 1.82) is 0 Å². The van der Waals surface area contributed by atoms with Crippen LogP contribution in [0.5, 0.6) is 0 Å². The number of benzene rings is 1. The fourth-order valence-electron chi connectivity index (χ4n) is 6.90. The first-order valence-electron chi connectivity index (χ1n) is 11.3. The fraction of sp³-hybridized carbons (Fsp3) is 0.692. The van der Waals surface area contributed by atoms with Crippen molar-refractivity contribution in [1.82, 2.24) is 0 Å². The molecule has 0 heterocycles. The zero-order valence-corrected chi connectivity index (χ0v) is 20.6. The minimum atomic E-state index is 0. The van der Waals surface area contributed by atoms with Crippen LogP contribution in [-0.2, 0) is 32.7 Å². The Morgan fingerprint density at radius 3 is 2.19 bits per heavy atom. The molecule has 0 aromatic heterocycles. The zero-order valence-electron chi connectivity index (χ0n) is 17.7. The Labute approximate surface area is 192 Å². The van der Waals surface area contributed by atoms with Crippen LogP contribution in [0.3, 0.4) is 0 Å². The Balaban J connectivity index is 0.00000210. The number of hydrogen-bond acceptors (Lipinski definition) is 0. The van der Waals surface area contributed by atoms with E-state index >= 15 is 0 Å². The first-order chi connectivity index (χ1) is 12.6. The summed E-state index contributed by atoms with van der Waals surface area (Å²) >= 11 is 0. The van der Waals surface area contributed by atoms with E-state index in [0.29, 0.717) is 0 Å². The van der Waals surface area contributed by atoms with Crippen molar-refractivity contribution in [2.45, 2.75) is 84.5 Å². The summed E-state index contributed by atoms with van der Waals surface area (Å²) in [5, 5.41) is 0. The molecule has 1 aromatic carbocycles. The van der Waals surface area contributed by atoms with Crippen molar-refractivity contribution < 1.29 is 32.7 Å². The zero-order chi connectivity index (χ0) is 18.1. The van der Waals surface area contributed by atoms with Gasteiger partial charge in [0.2, 0.25) is 0 Å². The number of rotatable bonds is 3. The Hall–Kier alpha value is 0.0639. The number of hydrogen-bond donors (Lipinski definition) is 0. The Bertz CT molecular complexity index is 625. The van der Waals surface area contributed by atoms with Gasteiger partial charge in [0.1, 0.15) is 0 Å². The van der Waals surface area contributed by atoms with Crippen LogP contribution in [-0.4, -0.2) is 0 Å². The molecule has 0 aliphatic heterocycles. The van der Waals surface area contributed by atoms with Crippen LogP contribution in [0, 0.1) is 49.5 Å². The SMILES string of the molecule is C/C=C/CC1CCC2C(CCC3CC(c4cc(C)[c-]c(C)c4)CCC32)C1.[Y+3]. The van der Waals surface area contributed by atoms with Gasteiger partial charge in [0.05, 0.1) is 0 Å². The van der Waals surface area contributed by atoms with Gasteiger partial charge in [-0.1, -0.05) is 26.0 Å². The molecule has 0 saturated heterocycles. The van der Waals surface area contributed by atoms with Crippen molar-refractivity contribution in [2.24, 2.45) is 29.6 Å². The second-order valence-corrected chi connectivity index (χ2v) is 9.70. The van der Waals surface area contributed by atoms with Crippen LogP contribution in [0.25, 0.3) is 0 Å². The van der Waals surface area contributed by atoms with Crippen molar-refractivity contribution in [3.63, 3.8) is 0 Å². The van der Waals surface area contributed by atoms with Crippen LogP contribution < -0.4 is 0 Å². The summed E-state index contributed by atoms with van der Waals surface area (Å²) in [6.07, 6.45) is 17.9. The van der Waals surface area contributed by atoms with Crippen molar-refractivity contribution in [2.75, 3.05) is 0 Å². The van der Waals surface area contributed by atoms with Crippen LogP contribution in [0.2, 0.25) is 0 Å². The summed E-state index contributed by atoms with van der Waals surface area (Å²) < 4.78 is 0. The maximum atomic E-state index is 3.46. The number of allylic oxidation sites excluding steroid dienone is 2. The summed E-state index contributed by atoms with van der Waals surface area (Å²) in [6.45, 7) is 6.59. The van der Waals surface area contributed by atoms with Gasteiger partial charge in [0.25, 0.3) is 0 Å². The summed E-state index contributed by atoms with van der Waals surface area (Å²) in [6, 6.07) is 8.28. The monoisotopic (exact) mass is 438 g/mol. The van der Waals surface area contributed by atoms with Crippen molar-refractivity contribution >= 4 is 0 Å². The van der Waals surface area contributed by atoms with Gasteiger partial charge in [0, 0.05) is 0 Å². The van der Waals surface area contributed by atoms with E-state index in [9.17, 15) is 0 Å². The first-order valence-corrected chi connectivity index (χ1v) is 11.3. The maximum absolute atomic E-state index is 3.46. The van der Waals surface area contributed by atoms with Crippen molar-refractivity contribution in [3.8, 4) is 0 Å². The molecule has 142 valence electrons. The Morgan fingerprint density at radius 2 is 1.52 bits per heavy atom. The first kappa shape index (κ1) is 21.8. The molecule has 3 aliphatic carbocycles. The second kappa shape index (κ2) is 9.71. The second-order valence-electron chi connectivity index (χ2n) is 9.70. The minimum absolute atomic E-state index is 0. The molecule has 0 N–H and O–H groups in total. The topological polar surface area (TPSA) is 0 Å². The van der Waals surface area contributed by atoms with Crippen LogP contribution in [0.4, 0.5) is 0 Å². The molecule has 0 nitrogen and oxygen atoms in total. The summed E-state index contributed by atoms with van der Waals surface area (Å²) in [5.41, 5.74) is 4.25. The standard InChI is InChI=1S/C26H37.Y/c1-4-5-6-20-7-11-25-22(16-20)8-9-23-17-21(10-12-26(23)25)24-14-18(2)13-19(3)15-24;/h4-5,14-15,20-23,25-26H,6-12,16-17H2,1-3H3;/q-1;+3/b5-4+;. The molecular formula is C26H37Y+2. The van der Waals surface area contributed by atoms with Crippen molar-refractivity contribution in [3.05, 3.63) is 47.0 Å². The predicted octanol–water partition coefficient (Wildman–Crippen LogP) is 7.39. The predicted molar refractivity (Wildman–Crippen MR) is 111 cm³/mol. The normalized spacial score (nSPS) is 36.0. The molecule has 4 rings (SSSR count). The fourth-order valence-corrected chi connectivity index (χ4v) is 6.90. The average molecular weight is 438 g/mol. The van der Waals surface area contributed by atoms with Crippen LogP contribution in [0.1, 0.15) is 87.3 Å². The van der Waals surface area contributed by atoms with Gasteiger partial charge in [0.15, 0.2) is 0 Å². The quantitative estimate of drug-likeness (QED) is 0.341. The molecule has 6 atom stereocenters. The Morgan fingerprint density at radius 1 is 0.889 bits per heavy atom. The third kappa shape index (κ3) is 4.98. The molecule has 0 amide bonds. The van der Waals surface area contributed by atoms with E-state index in [1.807, 2.05) is 0 Å². The molecule has 27 heavy (non-hydrogen) atoms. The minimum Gasteiger partial charge on any atom is -0.177 e. The molecule has 1 aromatic rings. The van der Waals surface area contributed by atoms with Crippen LogP contribution >= 0.6 is 0 Å². The summed E-state index contributed by atoms with van der Waals surface area (Å²) in [5.74, 6) is 5.95. The largest absolute Gasteiger partial charge is 3.00 e. The van der Waals surface area contributed by atoms with Gasteiger partial charge < -0.3 is 0 Å². The number of aryl methyl sites for hydroxylation is 2. The molecule has 3 saturated carbocycles. The van der Waals surface area contributed by atoms with Gasteiger partial charge in [-0.25, -0.2) is 0 Å². The molecule has 1 heteroatoms. The smallest absolute Gasteiger partial charge is 0.177 e. The molecule has 3 aliphatic rings. The third-order valence-corrected chi connectivity index (χ3v) is 7.99. The van der Waals surface area contributed by atoms with Gasteiger partial charge in [-0.05, 0) is 100 Å². The molecule has 0 bridgehead atoms. The molecule has 6 unspecified atom stereocenters. The average Bonchev–Trinajstić information content (AvgIpc) is 2.64. The molecule has 0 radical (unpaired) electrons. The van der Waals surface area contributed by atoms with E-state index in [0.717, 1.165) is 35.5 Å². The van der Waals surface area contributed by atoms with E-state index in [2.05, 4.69) is 51.1 Å². The van der Waals surface area contributed by atoms with E-state index in [1.165, 1.54) is 68.9 Å². The maximum Gasteiger partial charge on any atom is 3.00 e. The Kier molecular flexibility index (Phi) is 7.83. The van der Waals surface area contributed by atoms with E-state index < -0.39 is 0 Å². The molecular weight excluding hydrogens is 401 g/mol. The van der Waals surface area contributed by atoms with Gasteiger partial charge in [-0.2, -0.15) is 34.9 Å². The number of fused-ring (bicyclic) bond motifs is 3. The van der Waals surface area contributed by atoms with Crippen LogP contribution in [0.15, 0.2) is 24.3 Å². The van der Waals surface area contributed by atoms with Gasteiger partial charge >= 0.3 is 32.7 Å². The van der Waals surface area contributed by atoms with E-state index in [4.69, 9.17) is 0 Å². The summed E-state index contributed by atoms with van der Waals surface area (Å²) in [4.78, 5) is 0. The molecule has 3 fully saturated rings. The third-order valence-electron chi connectivity index (χ3n) is 7.99. The van der Waals surface area contributed by atoms with E-state index in [-0.39, 0.29) is 32.7 Å². The van der Waals surface area contributed by atoms with E-state index in [1.54, 1.807) is 5.56 Å². The molecule has 0 spiro atoms.